The molecule has 4 heteroatoms. The maximum Gasteiger partial charge on any atom is 0 e. The fourth-order valence-corrected chi connectivity index (χ4v) is 4.89. The first-order chi connectivity index (χ1) is 13.3. The van der Waals surface area contributed by atoms with E-state index in [0.717, 1.165) is 18.3 Å². The molecular formula is C27H34RaRbY2-2. The fourth-order valence-electron chi connectivity index (χ4n) is 4.89. The van der Waals surface area contributed by atoms with E-state index < -0.39 is 0 Å². The normalized spacial score (nSPS) is 16.8. The van der Waals surface area contributed by atoms with Crippen molar-refractivity contribution >= 4 is 58.2 Å². The molecule has 0 atom stereocenters. The van der Waals surface area contributed by atoms with Crippen molar-refractivity contribution in [1.82, 2.24) is 0 Å². The largest absolute Gasteiger partial charge is 0.328 e. The van der Waals surface area contributed by atoms with Crippen LogP contribution in [0.3, 0.4) is 0 Å². The molecule has 4 rings (SSSR count). The Bertz CT molecular complexity index is 629. The summed E-state index contributed by atoms with van der Waals surface area (Å²) in [7, 11) is 0. The van der Waals surface area contributed by atoms with E-state index in [1.54, 1.807) is 0 Å². The monoisotopic (exact) mass is 847 g/mol. The first-order valence-corrected chi connectivity index (χ1v) is 11.1. The van der Waals surface area contributed by atoms with Gasteiger partial charge in [-0.2, -0.15) is 25.7 Å². The standard InChI is InChI=1S/C27H34.Ra.Rb.2Y/c1-3-7-22(8-4-1)19-24-11-15-26(16-12-24)21-27-17-13-25(14-18-27)20-23-9-5-2-6-10-23;;;;/h1-2,11-18,22-23H,3-10,19-21H2;;;;/q-2;;;;. The van der Waals surface area contributed by atoms with Crippen molar-refractivity contribution in [3.8, 4) is 0 Å². The molecule has 0 amide bonds. The van der Waals surface area contributed by atoms with E-state index in [2.05, 4.69) is 61.4 Å². The van der Waals surface area contributed by atoms with E-state index in [-0.39, 0.29) is 169 Å². The molecule has 0 aliphatic heterocycles. The summed E-state index contributed by atoms with van der Waals surface area (Å²) in [6.07, 6.45) is 19.3. The minimum atomic E-state index is 0. The Kier molecular flexibility index (Phi) is 22.5. The predicted molar refractivity (Wildman–Crippen MR) is 121 cm³/mol. The van der Waals surface area contributed by atoms with Crippen molar-refractivity contribution in [2.75, 3.05) is 0 Å². The molecule has 2 aliphatic carbocycles. The van der Waals surface area contributed by atoms with Gasteiger partial charge in [0.05, 0.1) is 0 Å². The summed E-state index contributed by atoms with van der Waals surface area (Å²) in [4.78, 5) is 0. The Labute approximate surface area is 327 Å². The first-order valence-electron chi connectivity index (χ1n) is 11.1. The molecule has 153 valence electrons. The van der Waals surface area contributed by atoms with Gasteiger partial charge < -0.3 is 12.8 Å². The molecule has 0 aromatic heterocycles. The molecule has 2 aromatic rings. The second-order valence-corrected chi connectivity index (χ2v) is 8.84. The molecule has 2 saturated carbocycles. The molecule has 0 bridgehead atoms. The summed E-state index contributed by atoms with van der Waals surface area (Å²) in [5, 5.41) is 0. The molecule has 0 nitrogen and oxygen atoms in total. The number of hydrogen-bond acceptors (Lipinski definition) is 0. The Morgan fingerprint density at radius 3 is 1.16 bits per heavy atom. The zero-order valence-electron chi connectivity index (χ0n) is 19.6. The zero-order chi connectivity index (χ0) is 18.3. The molecule has 0 saturated heterocycles. The van der Waals surface area contributed by atoms with E-state index in [0.29, 0.717) is 0 Å². The van der Waals surface area contributed by atoms with Crippen molar-refractivity contribution in [3.63, 3.8) is 0 Å². The van der Waals surface area contributed by atoms with Gasteiger partial charge in [0.2, 0.25) is 0 Å². The van der Waals surface area contributed by atoms with Crippen molar-refractivity contribution in [3.05, 3.63) is 83.6 Å². The van der Waals surface area contributed by atoms with Crippen LogP contribution in [-0.2, 0) is 84.7 Å². The van der Waals surface area contributed by atoms with Gasteiger partial charge in [0.15, 0.2) is 0 Å². The van der Waals surface area contributed by atoms with E-state index >= 15 is 0 Å². The molecule has 0 unspecified atom stereocenters. The van der Waals surface area contributed by atoms with Crippen molar-refractivity contribution in [2.24, 2.45) is 11.8 Å². The Balaban J connectivity index is 0.00000225. The van der Waals surface area contributed by atoms with Crippen molar-refractivity contribution in [1.29, 1.82) is 0 Å². The molecule has 0 N–H and O–H groups in total. The SMILES string of the molecule is [Ra].[Rb].[Y].[Y].c1cc(CC2CC[CH-]CC2)ccc1Cc1ccc(CC2CC[CH-]CC2)cc1. The Morgan fingerprint density at radius 1 is 0.548 bits per heavy atom. The molecular weight excluding hydrogens is 814 g/mol. The van der Waals surface area contributed by atoms with Crippen LogP contribution < -0.4 is 0 Å². The van der Waals surface area contributed by atoms with E-state index in [1.165, 1.54) is 86.5 Å². The van der Waals surface area contributed by atoms with Gasteiger partial charge in [-0.3, -0.25) is 0 Å². The predicted octanol–water partition coefficient (Wildman–Crippen LogP) is 6.77. The van der Waals surface area contributed by atoms with E-state index in [4.69, 9.17) is 0 Å². The molecule has 31 heavy (non-hydrogen) atoms. The third-order valence-electron chi connectivity index (χ3n) is 6.62. The summed E-state index contributed by atoms with van der Waals surface area (Å²) >= 11 is 0. The number of hydrogen-bond donors (Lipinski definition) is 0. The maximum atomic E-state index is 2.46. The van der Waals surface area contributed by atoms with Crippen LogP contribution in [-0.4, -0.2) is 58.2 Å². The summed E-state index contributed by atoms with van der Waals surface area (Å²) < 4.78 is 0. The first kappa shape index (κ1) is 34.9. The van der Waals surface area contributed by atoms with Crippen LogP contribution in [0.4, 0.5) is 0 Å². The van der Waals surface area contributed by atoms with Gasteiger partial charge in [0.1, 0.15) is 0 Å². The quantitative estimate of drug-likeness (QED) is 0.282. The van der Waals surface area contributed by atoms with Crippen molar-refractivity contribution in [2.45, 2.75) is 70.6 Å². The van der Waals surface area contributed by atoms with Crippen LogP contribution >= 0.6 is 0 Å². The average Bonchev–Trinajstić information content (AvgIpc) is 2.73. The second kappa shape index (κ2) is 20.0. The zero-order valence-corrected chi connectivity index (χ0v) is 36.0. The minimum Gasteiger partial charge on any atom is -0.328 e. The summed E-state index contributed by atoms with van der Waals surface area (Å²) in [5.41, 5.74) is 5.91. The van der Waals surface area contributed by atoms with Crippen LogP contribution in [0, 0.1) is 69.7 Å². The van der Waals surface area contributed by atoms with E-state index in [9.17, 15) is 0 Å². The average molecular weight is 848 g/mol. The summed E-state index contributed by atoms with van der Waals surface area (Å²) in [6.45, 7) is 0. The van der Waals surface area contributed by atoms with Crippen LogP contribution in [0.15, 0.2) is 48.5 Å². The maximum absolute atomic E-state index is 2.46. The molecule has 2 aromatic carbocycles. The summed E-state index contributed by atoms with van der Waals surface area (Å²) in [5.74, 6) is 1.80. The smallest absolute Gasteiger partial charge is 0 e. The van der Waals surface area contributed by atoms with Gasteiger partial charge >= 0.3 is 0 Å². The van der Waals surface area contributed by atoms with Gasteiger partial charge in [-0.05, 0) is 53.4 Å². The van der Waals surface area contributed by atoms with Crippen LogP contribution in [0.1, 0.15) is 73.6 Å². The van der Waals surface area contributed by atoms with Crippen LogP contribution in [0.25, 0.3) is 0 Å². The van der Waals surface area contributed by atoms with Gasteiger partial charge in [-0.15, -0.1) is 0 Å². The minimum absolute atomic E-state index is 0. The summed E-state index contributed by atoms with van der Waals surface area (Å²) in [6, 6.07) is 18.8. The molecule has 0 heterocycles. The van der Waals surface area contributed by atoms with Crippen LogP contribution in [0.2, 0.25) is 0 Å². The molecule has 2 fully saturated rings. The number of benzene rings is 2. The second-order valence-electron chi connectivity index (χ2n) is 8.84. The van der Waals surface area contributed by atoms with Gasteiger partial charge in [0, 0.05) is 169 Å². The number of rotatable bonds is 6. The van der Waals surface area contributed by atoms with Gasteiger partial charge in [-0.25, -0.2) is 0 Å². The van der Waals surface area contributed by atoms with Gasteiger partial charge in [0.25, 0.3) is 0 Å². The third-order valence-corrected chi connectivity index (χ3v) is 6.62. The Morgan fingerprint density at radius 2 is 0.839 bits per heavy atom. The van der Waals surface area contributed by atoms with E-state index in [1.807, 2.05) is 0 Å². The molecule has 0 spiro atoms. The van der Waals surface area contributed by atoms with Crippen LogP contribution in [0.5, 0.6) is 0 Å². The molecule has 5 radical (unpaired) electrons. The van der Waals surface area contributed by atoms with Gasteiger partial charge in [-0.1, -0.05) is 74.2 Å². The molecule has 2 aliphatic rings. The Hall–Kier alpha value is 3.92. The van der Waals surface area contributed by atoms with Crippen molar-refractivity contribution < 1.29 is 110 Å². The topological polar surface area (TPSA) is 0 Å². The third kappa shape index (κ3) is 12.8. The fraction of sp³-hybridized carbons (Fsp3) is 0.481.